The Kier molecular flexibility index (Phi) is 6.50. The Labute approximate surface area is 122 Å². The molecule has 1 atom stereocenters. The lowest BCUT2D eigenvalue weighted by atomic mass is 9.86. The predicted octanol–water partition coefficient (Wildman–Crippen LogP) is 3.19. The number of rotatable bonds is 5. The summed E-state index contributed by atoms with van der Waals surface area (Å²) in [5.41, 5.74) is -0.516. The number of hydrogen-bond acceptors (Lipinski definition) is 3. The first-order valence-corrected chi connectivity index (χ1v) is 7.80. The van der Waals surface area contributed by atoms with Gasteiger partial charge in [-0.2, -0.15) is 0 Å². The zero-order valence-electron chi connectivity index (χ0n) is 13.3. The topological polar surface area (TPSA) is 55.4 Å². The van der Waals surface area contributed by atoms with Crippen molar-refractivity contribution in [1.29, 1.82) is 0 Å². The van der Waals surface area contributed by atoms with Crippen LogP contribution in [0.3, 0.4) is 0 Å². The maximum Gasteiger partial charge on any atom is 0.328 e. The van der Waals surface area contributed by atoms with Gasteiger partial charge in [-0.1, -0.05) is 32.1 Å². The summed E-state index contributed by atoms with van der Waals surface area (Å²) in [6, 6.07) is -0.576. The SMILES string of the molecule is C[C@@H](NC(=O)CCC1CCCCC1)C(=O)OC(C)(C)C. The second-order valence-corrected chi connectivity index (χ2v) is 6.87. The first-order valence-electron chi connectivity index (χ1n) is 7.80. The van der Waals surface area contributed by atoms with Crippen molar-refractivity contribution in [2.24, 2.45) is 5.92 Å². The highest BCUT2D eigenvalue weighted by atomic mass is 16.6. The van der Waals surface area contributed by atoms with Crippen LogP contribution >= 0.6 is 0 Å². The maximum absolute atomic E-state index is 11.8. The minimum absolute atomic E-state index is 0.0473. The molecule has 0 aromatic carbocycles. The molecule has 1 saturated carbocycles. The monoisotopic (exact) mass is 283 g/mol. The Morgan fingerprint density at radius 1 is 1.20 bits per heavy atom. The quantitative estimate of drug-likeness (QED) is 0.788. The Hall–Kier alpha value is -1.06. The third-order valence-electron chi connectivity index (χ3n) is 3.64. The zero-order valence-corrected chi connectivity index (χ0v) is 13.3. The molecule has 1 aliphatic rings. The van der Waals surface area contributed by atoms with Gasteiger partial charge in [0.2, 0.25) is 5.91 Å². The maximum atomic E-state index is 11.8. The van der Waals surface area contributed by atoms with E-state index in [4.69, 9.17) is 4.74 Å². The fraction of sp³-hybridized carbons (Fsp3) is 0.875. The fourth-order valence-electron chi connectivity index (χ4n) is 2.57. The minimum Gasteiger partial charge on any atom is -0.458 e. The van der Waals surface area contributed by atoms with Crippen LogP contribution in [0.25, 0.3) is 0 Å². The van der Waals surface area contributed by atoms with Crippen molar-refractivity contribution >= 4 is 11.9 Å². The molecule has 1 fully saturated rings. The van der Waals surface area contributed by atoms with Crippen molar-refractivity contribution in [2.45, 2.75) is 84.3 Å². The van der Waals surface area contributed by atoms with Gasteiger partial charge < -0.3 is 10.1 Å². The second-order valence-electron chi connectivity index (χ2n) is 6.87. The van der Waals surface area contributed by atoms with Gasteiger partial charge in [0.1, 0.15) is 11.6 Å². The van der Waals surface area contributed by atoms with Crippen LogP contribution in [0, 0.1) is 5.92 Å². The molecule has 116 valence electrons. The molecule has 0 aromatic heterocycles. The van der Waals surface area contributed by atoms with Crippen molar-refractivity contribution in [3.63, 3.8) is 0 Å². The van der Waals surface area contributed by atoms with E-state index >= 15 is 0 Å². The molecule has 0 spiro atoms. The summed E-state index contributed by atoms with van der Waals surface area (Å²) in [5.74, 6) is 0.267. The molecular weight excluding hydrogens is 254 g/mol. The number of carbonyl (C=O) groups is 2. The Bertz CT molecular complexity index is 327. The van der Waals surface area contributed by atoms with E-state index in [-0.39, 0.29) is 11.9 Å². The van der Waals surface area contributed by atoms with Crippen molar-refractivity contribution < 1.29 is 14.3 Å². The molecule has 0 aromatic rings. The highest BCUT2D eigenvalue weighted by molar-refractivity contribution is 5.84. The van der Waals surface area contributed by atoms with Crippen LogP contribution in [-0.4, -0.2) is 23.5 Å². The van der Waals surface area contributed by atoms with Gasteiger partial charge in [0.15, 0.2) is 0 Å². The van der Waals surface area contributed by atoms with Crippen molar-refractivity contribution in [3.8, 4) is 0 Å². The van der Waals surface area contributed by atoms with E-state index in [9.17, 15) is 9.59 Å². The van der Waals surface area contributed by atoms with Gasteiger partial charge >= 0.3 is 5.97 Å². The highest BCUT2D eigenvalue weighted by Gasteiger charge is 2.23. The van der Waals surface area contributed by atoms with E-state index < -0.39 is 11.6 Å². The van der Waals surface area contributed by atoms with Gasteiger partial charge in [-0.3, -0.25) is 4.79 Å². The van der Waals surface area contributed by atoms with Crippen LogP contribution in [0.5, 0.6) is 0 Å². The van der Waals surface area contributed by atoms with Crippen molar-refractivity contribution in [2.75, 3.05) is 0 Å². The van der Waals surface area contributed by atoms with E-state index in [1.807, 2.05) is 20.8 Å². The molecule has 0 unspecified atom stereocenters. The molecule has 0 aliphatic heterocycles. The van der Waals surface area contributed by atoms with Crippen LogP contribution in [0.2, 0.25) is 0 Å². The number of nitrogens with one attached hydrogen (secondary N) is 1. The van der Waals surface area contributed by atoms with Crippen molar-refractivity contribution in [3.05, 3.63) is 0 Å². The molecule has 0 saturated heterocycles. The minimum atomic E-state index is -0.576. The molecule has 4 nitrogen and oxygen atoms in total. The van der Waals surface area contributed by atoms with Crippen molar-refractivity contribution in [1.82, 2.24) is 5.32 Å². The van der Waals surface area contributed by atoms with Gasteiger partial charge in [-0.25, -0.2) is 4.79 Å². The molecule has 1 N–H and O–H groups in total. The van der Waals surface area contributed by atoms with Gasteiger partial charge in [-0.05, 0) is 40.0 Å². The number of ether oxygens (including phenoxy) is 1. The molecule has 1 aliphatic carbocycles. The number of hydrogen-bond donors (Lipinski definition) is 1. The Morgan fingerprint density at radius 3 is 2.35 bits per heavy atom. The molecule has 1 amide bonds. The summed E-state index contributed by atoms with van der Waals surface area (Å²) < 4.78 is 5.24. The van der Waals surface area contributed by atoms with Gasteiger partial charge in [0.25, 0.3) is 0 Å². The lowest BCUT2D eigenvalue weighted by molar-refractivity contribution is -0.158. The lowest BCUT2D eigenvalue weighted by Crippen LogP contribution is -2.42. The average Bonchev–Trinajstić information content (AvgIpc) is 2.35. The predicted molar refractivity (Wildman–Crippen MR) is 79.3 cm³/mol. The molecule has 1 rings (SSSR count). The Balaban J connectivity index is 2.25. The van der Waals surface area contributed by atoms with Crippen LogP contribution < -0.4 is 5.32 Å². The van der Waals surface area contributed by atoms with E-state index in [0.29, 0.717) is 12.3 Å². The molecule has 4 heteroatoms. The smallest absolute Gasteiger partial charge is 0.328 e. The summed E-state index contributed by atoms with van der Waals surface area (Å²) in [7, 11) is 0. The molecule has 0 bridgehead atoms. The van der Waals surface area contributed by atoms with E-state index in [2.05, 4.69) is 5.32 Å². The third kappa shape index (κ3) is 6.92. The van der Waals surface area contributed by atoms with Gasteiger partial charge in [0, 0.05) is 6.42 Å². The standard InChI is InChI=1S/C16H29NO3/c1-12(15(19)20-16(2,3)4)17-14(18)11-10-13-8-6-5-7-9-13/h12-13H,5-11H2,1-4H3,(H,17,18)/t12-/m1/s1. The van der Waals surface area contributed by atoms with Crippen LogP contribution in [0.4, 0.5) is 0 Å². The summed E-state index contributed by atoms with van der Waals surface area (Å²) in [6.07, 6.45) is 7.86. The first-order chi connectivity index (χ1) is 9.28. The summed E-state index contributed by atoms with van der Waals surface area (Å²) >= 11 is 0. The largest absolute Gasteiger partial charge is 0.458 e. The average molecular weight is 283 g/mol. The van der Waals surface area contributed by atoms with Gasteiger partial charge in [0.05, 0.1) is 0 Å². The summed E-state index contributed by atoms with van der Waals surface area (Å²) in [5, 5.41) is 2.73. The first kappa shape index (κ1) is 17.0. The normalized spacial score (nSPS) is 18.4. The number of carbonyl (C=O) groups excluding carboxylic acids is 2. The molecule has 0 radical (unpaired) electrons. The molecule has 0 heterocycles. The Morgan fingerprint density at radius 2 is 1.80 bits per heavy atom. The number of amides is 1. The van der Waals surface area contributed by atoms with Crippen LogP contribution in [0.15, 0.2) is 0 Å². The van der Waals surface area contributed by atoms with E-state index in [0.717, 1.165) is 6.42 Å². The van der Waals surface area contributed by atoms with Crippen LogP contribution in [0.1, 0.15) is 72.6 Å². The molecular formula is C16H29NO3. The van der Waals surface area contributed by atoms with E-state index in [1.54, 1.807) is 6.92 Å². The third-order valence-corrected chi connectivity index (χ3v) is 3.64. The molecule has 20 heavy (non-hydrogen) atoms. The second kappa shape index (κ2) is 7.65. The highest BCUT2D eigenvalue weighted by Crippen LogP contribution is 2.27. The number of esters is 1. The summed E-state index contributed by atoms with van der Waals surface area (Å²) in [6.45, 7) is 7.14. The zero-order chi connectivity index (χ0) is 15.2. The van der Waals surface area contributed by atoms with E-state index in [1.165, 1.54) is 32.1 Å². The lowest BCUT2D eigenvalue weighted by Gasteiger charge is -2.23. The summed E-state index contributed by atoms with van der Waals surface area (Å²) in [4.78, 5) is 23.6. The fourth-order valence-corrected chi connectivity index (χ4v) is 2.57. The van der Waals surface area contributed by atoms with Gasteiger partial charge in [-0.15, -0.1) is 0 Å². The van der Waals surface area contributed by atoms with Crippen LogP contribution in [-0.2, 0) is 14.3 Å².